The van der Waals surface area contributed by atoms with E-state index < -0.39 is 0 Å². The van der Waals surface area contributed by atoms with Gasteiger partial charge in [0.2, 0.25) is 0 Å². The SMILES string of the molecule is N#C/C(=C(/Cl)c1cc2c(s1)CCC2)c1cccnc1. The van der Waals surface area contributed by atoms with Gasteiger partial charge in [-0.2, -0.15) is 5.26 Å². The van der Waals surface area contributed by atoms with Gasteiger partial charge in [0, 0.05) is 27.7 Å². The zero-order chi connectivity index (χ0) is 13.2. The van der Waals surface area contributed by atoms with Gasteiger partial charge >= 0.3 is 0 Å². The highest BCUT2D eigenvalue weighted by atomic mass is 35.5. The van der Waals surface area contributed by atoms with Gasteiger partial charge < -0.3 is 0 Å². The molecule has 2 nitrogen and oxygen atoms in total. The van der Waals surface area contributed by atoms with E-state index in [9.17, 15) is 5.26 Å². The second-order valence-electron chi connectivity index (χ2n) is 4.46. The van der Waals surface area contributed by atoms with Crippen LogP contribution in [0, 0.1) is 11.3 Å². The standard InChI is InChI=1S/C15H11ClN2S/c16-15(12(8-17)11-4-2-6-18-9-11)14-7-10-3-1-5-13(10)19-14/h2,4,6-7,9H,1,3,5H2/b15-12-. The van der Waals surface area contributed by atoms with E-state index in [1.807, 2.05) is 12.1 Å². The van der Waals surface area contributed by atoms with Gasteiger partial charge in [0.15, 0.2) is 0 Å². The minimum Gasteiger partial charge on any atom is -0.264 e. The first kappa shape index (κ1) is 12.4. The Bertz CT molecular complexity index is 658. The summed E-state index contributed by atoms with van der Waals surface area (Å²) in [6.07, 6.45) is 6.86. The maximum absolute atomic E-state index is 9.34. The van der Waals surface area contributed by atoms with Crippen molar-refractivity contribution in [2.24, 2.45) is 0 Å². The van der Waals surface area contributed by atoms with Crippen molar-refractivity contribution in [3.63, 3.8) is 0 Å². The smallest absolute Gasteiger partial charge is 0.101 e. The van der Waals surface area contributed by atoms with E-state index in [2.05, 4.69) is 17.1 Å². The number of pyridine rings is 1. The summed E-state index contributed by atoms with van der Waals surface area (Å²) in [7, 11) is 0. The number of aromatic nitrogens is 1. The number of fused-ring (bicyclic) bond motifs is 1. The second kappa shape index (κ2) is 5.16. The molecule has 0 saturated heterocycles. The van der Waals surface area contributed by atoms with Crippen LogP contribution in [0.3, 0.4) is 0 Å². The van der Waals surface area contributed by atoms with Crippen molar-refractivity contribution in [3.8, 4) is 6.07 Å². The number of nitrogens with zero attached hydrogens (tertiary/aromatic N) is 2. The highest BCUT2D eigenvalue weighted by molar-refractivity contribution is 7.14. The topological polar surface area (TPSA) is 36.7 Å². The van der Waals surface area contributed by atoms with Crippen LogP contribution >= 0.6 is 22.9 Å². The minimum atomic E-state index is 0.495. The Morgan fingerprint density at radius 3 is 3.00 bits per heavy atom. The zero-order valence-corrected chi connectivity index (χ0v) is 11.8. The fourth-order valence-corrected chi connectivity index (χ4v) is 3.83. The first-order chi connectivity index (χ1) is 9.29. The van der Waals surface area contributed by atoms with Gasteiger partial charge in [-0.15, -0.1) is 11.3 Å². The zero-order valence-electron chi connectivity index (χ0n) is 10.2. The van der Waals surface area contributed by atoms with E-state index in [-0.39, 0.29) is 0 Å². The van der Waals surface area contributed by atoms with Gasteiger partial charge in [-0.05, 0) is 37.0 Å². The molecule has 0 saturated carbocycles. The van der Waals surface area contributed by atoms with Gasteiger partial charge in [0.25, 0.3) is 0 Å². The molecule has 0 spiro atoms. The summed E-state index contributed by atoms with van der Waals surface area (Å²) in [5, 5.41) is 9.88. The molecule has 0 bridgehead atoms. The molecule has 0 amide bonds. The highest BCUT2D eigenvalue weighted by Crippen LogP contribution is 2.38. The molecule has 1 aliphatic carbocycles. The van der Waals surface area contributed by atoms with E-state index >= 15 is 0 Å². The maximum Gasteiger partial charge on any atom is 0.101 e. The van der Waals surface area contributed by atoms with Crippen molar-refractivity contribution < 1.29 is 0 Å². The third kappa shape index (κ3) is 2.30. The summed E-state index contributed by atoms with van der Waals surface area (Å²) >= 11 is 8.12. The lowest BCUT2D eigenvalue weighted by Crippen LogP contribution is -1.85. The molecule has 0 N–H and O–H groups in total. The molecule has 4 heteroatoms. The number of allylic oxidation sites excluding steroid dienone is 1. The quantitative estimate of drug-likeness (QED) is 0.773. The molecular formula is C15H11ClN2S. The normalized spacial score (nSPS) is 14.7. The molecule has 2 aromatic rings. The summed E-state index contributed by atoms with van der Waals surface area (Å²) in [5.41, 5.74) is 2.65. The van der Waals surface area contributed by atoms with Crippen LogP contribution in [-0.2, 0) is 12.8 Å². The fraction of sp³-hybridized carbons (Fsp3) is 0.200. The van der Waals surface area contributed by atoms with E-state index in [4.69, 9.17) is 11.6 Å². The minimum absolute atomic E-state index is 0.495. The monoisotopic (exact) mass is 286 g/mol. The van der Waals surface area contributed by atoms with Gasteiger partial charge in [-0.1, -0.05) is 17.7 Å². The van der Waals surface area contributed by atoms with E-state index in [0.29, 0.717) is 10.6 Å². The maximum atomic E-state index is 9.34. The van der Waals surface area contributed by atoms with Crippen molar-refractivity contribution in [3.05, 3.63) is 51.5 Å². The Hall–Kier alpha value is -1.63. The average Bonchev–Trinajstić information content (AvgIpc) is 3.01. The predicted molar refractivity (Wildman–Crippen MR) is 78.9 cm³/mol. The van der Waals surface area contributed by atoms with Crippen molar-refractivity contribution in [2.75, 3.05) is 0 Å². The van der Waals surface area contributed by atoms with Crippen LogP contribution in [0.25, 0.3) is 10.6 Å². The molecule has 0 aromatic carbocycles. The fourth-order valence-electron chi connectivity index (χ4n) is 2.31. The largest absolute Gasteiger partial charge is 0.264 e. The van der Waals surface area contributed by atoms with Gasteiger partial charge in [-0.3, -0.25) is 4.98 Å². The second-order valence-corrected chi connectivity index (χ2v) is 5.97. The molecule has 0 unspecified atom stereocenters. The number of hydrogen-bond donors (Lipinski definition) is 0. The predicted octanol–water partition coefficient (Wildman–Crippen LogP) is 4.26. The number of rotatable bonds is 2. The number of hydrogen-bond acceptors (Lipinski definition) is 3. The first-order valence-corrected chi connectivity index (χ1v) is 7.31. The summed E-state index contributed by atoms with van der Waals surface area (Å²) in [4.78, 5) is 6.45. The molecule has 2 aromatic heterocycles. The summed E-state index contributed by atoms with van der Waals surface area (Å²) in [6, 6.07) is 7.99. The molecule has 3 rings (SSSR count). The van der Waals surface area contributed by atoms with E-state index in [0.717, 1.165) is 23.3 Å². The van der Waals surface area contributed by atoms with Crippen LogP contribution in [0.1, 0.15) is 27.3 Å². The Morgan fingerprint density at radius 2 is 2.32 bits per heavy atom. The molecule has 19 heavy (non-hydrogen) atoms. The molecule has 94 valence electrons. The average molecular weight is 287 g/mol. The van der Waals surface area contributed by atoms with Gasteiger partial charge in [0.1, 0.15) is 6.07 Å². The lowest BCUT2D eigenvalue weighted by Gasteiger charge is -2.01. The third-order valence-corrected chi connectivity index (χ3v) is 5.00. The lowest BCUT2D eigenvalue weighted by molar-refractivity contribution is 0.914. The number of thiophene rings is 1. The summed E-state index contributed by atoms with van der Waals surface area (Å²) in [5.74, 6) is 0. The molecule has 0 aliphatic heterocycles. The van der Waals surface area contributed by atoms with Gasteiger partial charge in [0.05, 0.1) is 10.6 Å². The molecule has 1 aliphatic rings. The van der Waals surface area contributed by atoms with Crippen LogP contribution in [0.5, 0.6) is 0 Å². The Balaban J connectivity index is 2.06. The number of halogens is 1. The van der Waals surface area contributed by atoms with E-state index in [1.54, 1.807) is 23.7 Å². The number of nitriles is 1. The Kier molecular flexibility index (Phi) is 3.37. The molecular weight excluding hydrogens is 276 g/mol. The van der Waals surface area contributed by atoms with Crippen LogP contribution in [-0.4, -0.2) is 4.98 Å². The van der Waals surface area contributed by atoms with Crippen LogP contribution in [0.2, 0.25) is 0 Å². The van der Waals surface area contributed by atoms with Crippen molar-refractivity contribution in [2.45, 2.75) is 19.3 Å². The first-order valence-electron chi connectivity index (χ1n) is 6.12. The summed E-state index contributed by atoms with van der Waals surface area (Å²) < 4.78 is 0. The van der Waals surface area contributed by atoms with Crippen molar-refractivity contribution in [1.29, 1.82) is 5.26 Å². The van der Waals surface area contributed by atoms with Crippen molar-refractivity contribution >= 4 is 33.5 Å². The Labute approximate surface area is 121 Å². The van der Waals surface area contributed by atoms with Crippen molar-refractivity contribution in [1.82, 2.24) is 4.98 Å². The van der Waals surface area contributed by atoms with E-state index in [1.165, 1.54) is 16.9 Å². The summed E-state index contributed by atoms with van der Waals surface area (Å²) in [6.45, 7) is 0. The molecule has 2 heterocycles. The third-order valence-electron chi connectivity index (χ3n) is 3.24. The molecule has 0 atom stereocenters. The van der Waals surface area contributed by atoms with Crippen LogP contribution in [0.4, 0.5) is 0 Å². The highest BCUT2D eigenvalue weighted by Gasteiger charge is 2.18. The lowest BCUT2D eigenvalue weighted by atomic mass is 10.1. The Morgan fingerprint density at radius 1 is 1.42 bits per heavy atom. The van der Waals surface area contributed by atoms with Gasteiger partial charge in [-0.25, -0.2) is 0 Å². The molecule has 0 fully saturated rings. The number of aryl methyl sites for hydroxylation is 2. The van der Waals surface area contributed by atoms with Crippen LogP contribution < -0.4 is 0 Å². The van der Waals surface area contributed by atoms with Crippen LogP contribution in [0.15, 0.2) is 30.6 Å². The molecule has 0 radical (unpaired) electrons.